The van der Waals surface area contributed by atoms with Crippen LogP contribution in [0.1, 0.15) is 19.8 Å². The number of anilines is 1. The average Bonchev–Trinajstić information content (AvgIpc) is 2.48. The van der Waals surface area contributed by atoms with E-state index < -0.39 is 0 Å². The third-order valence-electron chi connectivity index (χ3n) is 3.91. The van der Waals surface area contributed by atoms with Crippen molar-refractivity contribution < 1.29 is 4.79 Å². The van der Waals surface area contributed by atoms with Crippen LogP contribution in [0.5, 0.6) is 0 Å². The minimum Gasteiger partial charge on any atom is -0.371 e. The van der Waals surface area contributed by atoms with Crippen LogP contribution in [0.25, 0.3) is 0 Å². The van der Waals surface area contributed by atoms with Crippen LogP contribution >= 0.6 is 0 Å². The summed E-state index contributed by atoms with van der Waals surface area (Å²) in [5.41, 5.74) is 1.29. The van der Waals surface area contributed by atoms with Crippen molar-refractivity contribution in [1.82, 2.24) is 10.2 Å². The molecule has 1 aromatic carbocycles. The highest BCUT2D eigenvalue weighted by Gasteiger charge is 2.23. The molecular weight excluding hydrogens is 250 g/mol. The topological polar surface area (TPSA) is 35.6 Å². The fourth-order valence-electron chi connectivity index (χ4n) is 2.76. The molecule has 1 aromatic rings. The zero-order chi connectivity index (χ0) is 14.5. The number of piperidine rings is 1. The lowest BCUT2D eigenvalue weighted by molar-refractivity contribution is -0.130. The Morgan fingerprint density at radius 2 is 1.85 bits per heavy atom. The van der Waals surface area contributed by atoms with Crippen LogP contribution in [0.4, 0.5) is 5.69 Å². The third kappa shape index (κ3) is 3.73. The number of para-hydroxylation sites is 1. The lowest BCUT2D eigenvalue weighted by Crippen LogP contribution is -2.50. The second kappa shape index (κ2) is 6.75. The molecule has 1 atom stereocenters. The van der Waals surface area contributed by atoms with E-state index >= 15 is 0 Å². The molecule has 1 N–H and O–H groups in total. The summed E-state index contributed by atoms with van der Waals surface area (Å²) < 4.78 is 0. The van der Waals surface area contributed by atoms with E-state index in [0.29, 0.717) is 6.04 Å². The number of amides is 1. The van der Waals surface area contributed by atoms with Crippen molar-refractivity contribution in [3.8, 4) is 0 Å². The second-order valence-corrected chi connectivity index (χ2v) is 5.72. The Balaban J connectivity index is 1.81. The predicted molar refractivity (Wildman–Crippen MR) is 83.0 cm³/mol. The van der Waals surface area contributed by atoms with E-state index in [1.807, 2.05) is 13.0 Å². The fourth-order valence-corrected chi connectivity index (χ4v) is 2.76. The molecule has 0 bridgehead atoms. The van der Waals surface area contributed by atoms with E-state index in [9.17, 15) is 4.79 Å². The monoisotopic (exact) mass is 275 g/mol. The molecule has 110 valence electrons. The Kier molecular flexibility index (Phi) is 5.01. The first-order chi connectivity index (χ1) is 9.58. The van der Waals surface area contributed by atoms with Crippen molar-refractivity contribution in [2.75, 3.05) is 32.1 Å². The molecule has 2 rings (SSSR count). The van der Waals surface area contributed by atoms with Crippen LogP contribution in [-0.2, 0) is 4.79 Å². The molecule has 4 nitrogen and oxygen atoms in total. The maximum Gasteiger partial charge on any atom is 0.238 e. The van der Waals surface area contributed by atoms with Crippen molar-refractivity contribution in [3.05, 3.63) is 30.3 Å². The summed E-state index contributed by atoms with van der Waals surface area (Å²) >= 11 is 0. The van der Waals surface area contributed by atoms with Crippen molar-refractivity contribution in [2.45, 2.75) is 31.8 Å². The van der Waals surface area contributed by atoms with Gasteiger partial charge in [-0.05, 0) is 31.9 Å². The zero-order valence-corrected chi connectivity index (χ0v) is 12.7. The van der Waals surface area contributed by atoms with Crippen molar-refractivity contribution >= 4 is 11.6 Å². The van der Waals surface area contributed by atoms with Gasteiger partial charge in [0.1, 0.15) is 0 Å². The van der Waals surface area contributed by atoms with E-state index in [1.165, 1.54) is 5.69 Å². The molecule has 1 unspecified atom stereocenters. The van der Waals surface area contributed by atoms with Crippen LogP contribution in [0, 0.1) is 0 Å². The molecule has 1 fully saturated rings. The van der Waals surface area contributed by atoms with Crippen LogP contribution in [0.2, 0.25) is 0 Å². The maximum atomic E-state index is 11.9. The highest BCUT2D eigenvalue weighted by Crippen LogP contribution is 2.19. The van der Waals surface area contributed by atoms with Gasteiger partial charge in [-0.15, -0.1) is 0 Å². The van der Waals surface area contributed by atoms with E-state index in [1.54, 1.807) is 19.0 Å². The summed E-state index contributed by atoms with van der Waals surface area (Å²) in [6.45, 7) is 4.04. The number of hydrogen-bond acceptors (Lipinski definition) is 3. The van der Waals surface area contributed by atoms with Gasteiger partial charge in [0, 0.05) is 38.9 Å². The van der Waals surface area contributed by atoms with E-state index in [4.69, 9.17) is 0 Å². The summed E-state index contributed by atoms with van der Waals surface area (Å²) in [6, 6.07) is 10.9. The Hall–Kier alpha value is -1.55. The lowest BCUT2D eigenvalue weighted by Gasteiger charge is -2.35. The number of carbonyl (C=O) groups is 1. The molecule has 0 radical (unpaired) electrons. The van der Waals surface area contributed by atoms with Gasteiger partial charge in [-0.2, -0.15) is 0 Å². The Bertz CT molecular complexity index is 425. The Labute approximate surface area is 121 Å². The fraction of sp³-hybridized carbons (Fsp3) is 0.562. The van der Waals surface area contributed by atoms with Gasteiger partial charge in [-0.3, -0.25) is 4.79 Å². The van der Waals surface area contributed by atoms with Gasteiger partial charge in [0.05, 0.1) is 6.04 Å². The Morgan fingerprint density at radius 1 is 1.25 bits per heavy atom. The number of likely N-dealkylation sites (N-methyl/N-ethyl adjacent to an activating group) is 1. The first-order valence-corrected chi connectivity index (χ1v) is 7.35. The normalized spacial score (nSPS) is 17.9. The van der Waals surface area contributed by atoms with E-state index in [0.717, 1.165) is 25.9 Å². The van der Waals surface area contributed by atoms with Gasteiger partial charge < -0.3 is 15.1 Å². The molecule has 1 heterocycles. The number of nitrogens with one attached hydrogen (secondary N) is 1. The summed E-state index contributed by atoms with van der Waals surface area (Å²) in [4.78, 5) is 15.9. The predicted octanol–water partition coefficient (Wildman–Crippen LogP) is 1.72. The Morgan fingerprint density at radius 3 is 2.40 bits per heavy atom. The van der Waals surface area contributed by atoms with Crippen LogP contribution in [0.3, 0.4) is 0 Å². The number of hydrogen-bond donors (Lipinski definition) is 1. The minimum absolute atomic E-state index is 0.0988. The van der Waals surface area contributed by atoms with Gasteiger partial charge in [0.25, 0.3) is 0 Å². The second-order valence-electron chi connectivity index (χ2n) is 5.72. The third-order valence-corrected chi connectivity index (χ3v) is 3.91. The summed E-state index contributed by atoms with van der Waals surface area (Å²) in [6.07, 6.45) is 2.17. The standard InChI is InChI=1S/C16H25N3O/c1-13(16(20)18(2)3)17-14-9-11-19(12-10-14)15-7-5-4-6-8-15/h4-8,13-14,17H,9-12H2,1-3H3. The molecular formula is C16H25N3O. The van der Waals surface area contributed by atoms with Crippen molar-refractivity contribution in [3.63, 3.8) is 0 Å². The molecule has 0 spiro atoms. The molecule has 1 aliphatic rings. The van der Waals surface area contributed by atoms with Gasteiger partial charge in [0.15, 0.2) is 0 Å². The largest absolute Gasteiger partial charge is 0.371 e. The van der Waals surface area contributed by atoms with E-state index in [-0.39, 0.29) is 11.9 Å². The average molecular weight is 275 g/mol. The van der Waals surface area contributed by atoms with Crippen LogP contribution in [-0.4, -0.2) is 50.1 Å². The maximum absolute atomic E-state index is 11.9. The minimum atomic E-state index is -0.0988. The highest BCUT2D eigenvalue weighted by atomic mass is 16.2. The molecule has 0 saturated carbocycles. The highest BCUT2D eigenvalue weighted by molar-refractivity contribution is 5.80. The zero-order valence-electron chi connectivity index (χ0n) is 12.7. The summed E-state index contributed by atoms with van der Waals surface area (Å²) in [5, 5.41) is 3.45. The number of benzene rings is 1. The number of rotatable bonds is 4. The van der Waals surface area contributed by atoms with Gasteiger partial charge in [0.2, 0.25) is 5.91 Å². The molecule has 20 heavy (non-hydrogen) atoms. The molecule has 1 saturated heterocycles. The van der Waals surface area contributed by atoms with Crippen molar-refractivity contribution in [1.29, 1.82) is 0 Å². The van der Waals surface area contributed by atoms with Gasteiger partial charge in [-0.25, -0.2) is 0 Å². The molecule has 0 aromatic heterocycles. The molecule has 4 heteroatoms. The molecule has 1 amide bonds. The first-order valence-electron chi connectivity index (χ1n) is 7.35. The van der Waals surface area contributed by atoms with Gasteiger partial charge >= 0.3 is 0 Å². The molecule has 0 aliphatic carbocycles. The van der Waals surface area contributed by atoms with E-state index in [2.05, 4.69) is 34.5 Å². The lowest BCUT2D eigenvalue weighted by atomic mass is 10.0. The SMILES string of the molecule is CC(NC1CCN(c2ccccc2)CC1)C(=O)N(C)C. The van der Waals surface area contributed by atoms with Crippen molar-refractivity contribution in [2.24, 2.45) is 0 Å². The number of carbonyl (C=O) groups excluding carboxylic acids is 1. The molecule has 1 aliphatic heterocycles. The van der Waals surface area contributed by atoms with Crippen LogP contribution in [0.15, 0.2) is 30.3 Å². The number of nitrogens with zero attached hydrogens (tertiary/aromatic N) is 2. The van der Waals surface area contributed by atoms with Gasteiger partial charge in [-0.1, -0.05) is 18.2 Å². The summed E-state index contributed by atoms with van der Waals surface area (Å²) in [5.74, 6) is 0.149. The smallest absolute Gasteiger partial charge is 0.238 e. The summed E-state index contributed by atoms with van der Waals surface area (Å²) in [7, 11) is 3.61. The quantitative estimate of drug-likeness (QED) is 0.909. The van der Waals surface area contributed by atoms with Crippen LogP contribution < -0.4 is 10.2 Å². The first kappa shape index (κ1) is 14.9.